The fourth-order valence-electron chi connectivity index (χ4n) is 3.51. The molecule has 0 unspecified atom stereocenters. The highest BCUT2D eigenvalue weighted by molar-refractivity contribution is 5.93. The summed E-state index contributed by atoms with van der Waals surface area (Å²) in [6, 6.07) is 19.7. The van der Waals surface area contributed by atoms with Crippen molar-refractivity contribution in [3.63, 3.8) is 0 Å². The highest BCUT2D eigenvalue weighted by Crippen LogP contribution is 2.39. The fourth-order valence-corrected chi connectivity index (χ4v) is 3.51. The average molecular weight is 417 g/mol. The second-order valence-corrected chi connectivity index (χ2v) is 7.46. The molecule has 0 aromatic heterocycles. The molecule has 3 aromatic carbocycles. The van der Waals surface area contributed by atoms with Gasteiger partial charge in [-0.1, -0.05) is 62.7 Å². The molecule has 0 aliphatic rings. The number of unbranched alkanes of at least 4 members (excludes halogenated alkanes) is 1. The molecular weight excluding hydrogens is 388 g/mol. The third-order valence-electron chi connectivity index (χ3n) is 5.19. The van der Waals surface area contributed by atoms with Gasteiger partial charge in [-0.2, -0.15) is 0 Å². The van der Waals surface area contributed by atoms with Crippen LogP contribution in [0.5, 0.6) is 11.5 Å². The standard InChI is InChI=1S/C27H28O4/c1-4-6-17-23-20(5-2)18-19(3)24(30-26(28)21-13-9-7-10-14-21)25(23)31-27(29)22-15-11-8-12-16-22/h7-16,18H,4-6,17H2,1-3H3. The Hall–Kier alpha value is -3.40. The molecule has 0 radical (unpaired) electrons. The topological polar surface area (TPSA) is 52.6 Å². The Morgan fingerprint density at radius 2 is 1.29 bits per heavy atom. The number of ether oxygens (including phenoxy) is 2. The minimum Gasteiger partial charge on any atom is -0.419 e. The van der Waals surface area contributed by atoms with Gasteiger partial charge in [0.15, 0.2) is 11.5 Å². The number of carbonyl (C=O) groups is 2. The molecule has 0 atom stereocenters. The lowest BCUT2D eigenvalue weighted by atomic mass is 9.96. The van der Waals surface area contributed by atoms with Crippen molar-refractivity contribution in [3.8, 4) is 11.5 Å². The molecule has 0 spiro atoms. The fraction of sp³-hybridized carbons (Fsp3) is 0.259. The van der Waals surface area contributed by atoms with Gasteiger partial charge in [0.05, 0.1) is 11.1 Å². The maximum Gasteiger partial charge on any atom is 0.343 e. The third-order valence-corrected chi connectivity index (χ3v) is 5.19. The summed E-state index contributed by atoms with van der Waals surface area (Å²) in [5, 5.41) is 0. The average Bonchev–Trinajstić information content (AvgIpc) is 2.81. The molecule has 0 aliphatic carbocycles. The van der Waals surface area contributed by atoms with Crippen LogP contribution in [0.25, 0.3) is 0 Å². The van der Waals surface area contributed by atoms with E-state index in [9.17, 15) is 9.59 Å². The van der Waals surface area contributed by atoms with Gasteiger partial charge in [-0.25, -0.2) is 9.59 Å². The van der Waals surface area contributed by atoms with Crippen molar-refractivity contribution >= 4 is 11.9 Å². The smallest absolute Gasteiger partial charge is 0.343 e. The van der Waals surface area contributed by atoms with Gasteiger partial charge in [-0.05, 0) is 61.6 Å². The Kier molecular flexibility index (Phi) is 7.60. The maximum atomic E-state index is 12.9. The first kappa shape index (κ1) is 22.3. The number of carbonyl (C=O) groups excluding carboxylic acids is 2. The van der Waals surface area contributed by atoms with Crippen LogP contribution < -0.4 is 9.47 Å². The zero-order chi connectivity index (χ0) is 22.2. The number of hydrogen-bond acceptors (Lipinski definition) is 4. The summed E-state index contributed by atoms with van der Waals surface area (Å²) in [5.74, 6) is -0.292. The molecule has 0 amide bonds. The van der Waals surface area contributed by atoms with Crippen LogP contribution in [0.15, 0.2) is 66.7 Å². The number of hydrogen-bond donors (Lipinski definition) is 0. The van der Waals surface area contributed by atoms with Crippen molar-refractivity contribution in [2.75, 3.05) is 0 Å². The molecule has 4 nitrogen and oxygen atoms in total. The monoisotopic (exact) mass is 416 g/mol. The summed E-state index contributed by atoms with van der Waals surface area (Å²) >= 11 is 0. The molecule has 0 saturated carbocycles. The van der Waals surface area contributed by atoms with E-state index in [0.29, 0.717) is 22.6 Å². The van der Waals surface area contributed by atoms with Gasteiger partial charge in [0, 0.05) is 5.56 Å². The Balaban J connectivity index is 2.07. The highest BCUT2D eigenvalue weighted by Gasteiger charge is 2.24. The van der Waals surface area contributed by atoms with E-state index in [2.05, 4.69) is 13.8 Å². The van der Waals surface area contributed by atoms with Gasteiger partial charge in [-0.15, -0.1) is 0 Å². The predicted molar refractivity (Wildman–Crippen MR) is 122 cm³/mol. The SMILES string of the molecule is CCCCc1c(CC)cc(C)c(OC(=O)c2ccccc2)c1OC(=O)c1ccccc1. The van der Waals surface area contributed by atoms with Gasteiger partial charge in [0.25, 0.3) is 0 Å². The van der Waals surface area contributed by atoms with Crippen molar-refractivity contribution in [1.29, 1.82) is 0 Å². The van der Waals surface area contributed by atoms with Crippen LogP contribution in [0.2, 0.25) is 0 Å². The van der Waals surface area contributed by atoms with Crippen LogP contribution in [0, 0.1) is 6.92 Å². The second-order valence-electron chi connectivity index (χ2n) is 7.46. The molecule has 0 fully saturated rings. The molecular formula is C27H28O4. The normalized spacial score (nSPS) is 10.5. The first-order chi connectivity index (χ1) is 15.0. The zero-order valence-corrected chi connectivity index (χ0v) is 18.3. The Bertz CT molecular complexity index is 1040. The zero-order valence-electron chi connectivity index (χ0n) is 18.3. The Morgan fingerprint density at radius 3 is 1.77 bits per heavy atom. The molecule has 0 heterocycles. The number of esters is 2. The van der Waals surface area contributed by atoms with Crippen molar-refractivity contribution in [3.05, 3.63) is 94.5 Å². The summed E-state index contributed by atoms with van der Waals surface area (Å²) < 4.78 is 11.7. The van der Waals surface area contributed by atoms with Gasteiger partial charge < -0.3 is 9.47 Å². The van der Waals surface area contributed by atoms with Crippen molar-refractivity contribution in [2.45, 2.75) is 46.5 Å². The first-order valence-electron chi connectivity index (χ1n) is 10.7. The quantitative estimate of drug-likeness (QED) is 0.318. The van der Waals surface area contributed by atoms with Crippen LogP contribution in [0.3, 0.4) is 0 Å². The van der Waals surface area contributed by atoms with Gasteiger partial charge >= 0.3 is 11.9 Å². The highest BCUT2D eigenvalue weighted by atomic mass is 16.6. The van der Waals surface area contributed by atoms with Crippen molar-refractivity contribution in [2.24, 2.45) is 0 Å². The van der Waals surface area contributed by atoms with E-state index in [0.717, 1.165) is 42.4 Å². The molecule has 0 bridgehead atoms. The Morgan fingerprint density at radius 1 is 0.774 bits per heavy atom. The molecule has 4 heteroatoms. The molecule has 0 N–H and O–H groups in total. The van der Waals surface area contributed by atoms with Crippen LogP contribution in [0.4, 0.5) is 0 Å². The predicted octanol–water partition coefficient (Wildman–Crippen LogP) is 6.34. The minimum absolute atomic E-state index is 0.307. The van der Waals surface area contributed by atoms with Crippen LogP contribution >= 0.6 is 0 Å². The Labute approximate surface area is 183 Å². The summed E-state index contributed by atoms with van der Waals surface area (Å²) in [4.78, 5) is 25.7. The minimum atomic E-state index is -0.480. The van der Waals surface area contributed by atoms with Crippen LogP contribution in [0.1, 0.15) is 64.1 Å². The third kappa shape index (κ3) is 5.40. The molecule has 0 aliphatic heterocycles. The van der Waals surface area contributed by atoms with Crippen LogP contribution in [-0.2, 0) is 12.8 Å². The van der Waals surface area contributed by atoms with Gasteiger partial charge in [0.2, 0.25) is 0 Å². The molecule has 3 rings (SSSR count). The van der Waals surface area contributed by atoms with E-state index in [4.69, 9.17) is 9.47 Å². The summed E-state index contributed by atoms with van der Waals surface area (Å²) in [6.07, 6.45) is 3.48. The number of benzene rings is 3. The lowest BCUT2D eigenvalue weighted by Gasteiger charge is -2.20. The van der Waals surface area contributed by atoms with Crippen LogP contribution in [-0.4, -0.2) is 11.9 Å². The van der Waals surface area contributed by atoms with Crippen molar-refractivity contribution < 1.29 is 19.1 Å². The van der Waals surface area contributed by atoms with E-state index in [1.807, 2.05) is 25.1 Å². The maximum absolute atomic E-state index is 12.9. The van der Waals surface area contributed by atoms with E-state index in [1.54, 1.807) is 48.5 Å². The lowest BCUT2D eigenvalue weighted by Crippen LogP contribution is -2.16. The van der Waals surface area contributed by atoms with E-state index < -0.39 is 11.9 Å². The summed E-state index contributed by atoms with van der Waals surface area (Å²) in [6.45, 7) is 6.06. The molecule has 31 heavy (non-hydrogen) atoms. The summed E-state index contributed by atoms with van der Waals surface area (Å²) in [7, 11) is 0. The number of aryl methyl sites for hydroxylation is 2. The van der Waals surface area contributed by atoms with Crippen molar-refractivity contribution in [1.82, 2.24) is 0 Å². The summed E-state index contributed by atoms with van der Waals surface area (Å²) in [5.41, 5.74) is 3.68. The lowest BCUT2D eigenvalue weighted by molar-refractivity contribution is 0.0679. The van der Waals surface area contributed by atoms with E-state index in [1.165, 1.54) is 0 Å². The molecule has 3 aromatic rings. The first-order valence-corrected chi connectivity index (χ1v) is 10.7. The largest absolute Gasteiger partial charge is 0.419 e. The van der Waals surface area contributed by atoms with Gasteiger partial charge in [0.1, 0.15) is 0 Å². The second kappa shape index (κ2) is 10.6. The number of rotatable bonds is 8. The molecule has 160 valence electrons. The van der Waals surface area contributed by atoms with Gasteiger partial charge in [-0.3, -0.25) is 0 Å². The molecule has 0 saturated heterocycles. The van der Waals surface area contributed by atoms with E-state index >= 15 is 0 Å². The van der Waals surface area contributed by atoms with E-state index in [-0.39, 0.29) is 0 Å².